The van der Waals surface area contributed by atoms with E-state index < -0.39 is 0 Å². The van der Waals surface area contributed by atoms with Gasteiger partial charge in [-0.25, -0.2) is 0 Å². The van der Waals surface area contributed by atoms with Gasteiger partial charge in [0.1, 0.15) is 0 Å². The molecule has 3 nitrogen and oxygen atoms in total. The van der Waals surface area contributed by atoms with Crippen molar-refractivity contribution in [2.45, 2.75) is 38.7 Å². The maximum absolute atomic E-state index is 5.84. The van der Waals surface area contributed by atoms with E-state index in [4.69, 9.17) is 4.74 Å². The van der Waals surface area contributed by atoms with Gasteiger partial charge in [0.05, 0.1) is 12.2 Å². The first-order valence-electron chi connectivity index (χ1n) is 8.08. The lowest BCUT2D eigenvalue weighted by Gasteiger charge is -2.43. The SMILES string of the molecule is CCNCC(C)(CN1CCOC(C)(C)C1)c1ccccc1. The zero-order chi connectivity index (χ0) is 15.3. The van der Waals surface area contributed by atoms with Crippen molar-refractivity contribution in [3.8, 4) is 0 Å². The van der Waals surface area contributed by atoms with E-state index in [9.17, 15) is 0 Å². The summed E-state index contributed by atoms with van der Waals surface area (Å²) in [6.07, 6.45) is 0. The second-order valence-electron chi connectivity index (χ2n) is 7.03. The van der Waals surface area contributed by atoms with Crippen LogP contribution in [0.15, 0.2) is 30.3 Å². The van der Waals surface area contributed by atoms with Gasteiger partial charge in [-0.15, -0.1) is 0 Å². The number of morpholine rings is 1. The molecule has 0 radical (unpaired) electrons. The molecule has 1 aliphatic rings. The number of benzene rings is 1. The average molecular weight is 290 g/mol. The van der Waals surface area contributed by atoms with Crippen molar-refractivity contribution >= 4 is 0 Å². The molecule has 0 spiro atoms. The van der Waals surface area contributed by atoms with E-state index in [1.54, 1.807) is 0 Å². The quantitative estimate of drug-likeness (QED) is 0.872. The minimum atomic E-state index is -0.0337. The molecule has 0 aliphatic carbocycles. The third-order valence-corrected chi connectivity index (χ3v) is 4.31. The molecular formula is C18H30N2O. The van der Waals surface area contributed by atoms with Crippen LogP contribution in [-0.4, -0.2) is 49.8 Å². The van der Waals surface area contributed by atoms with Crippen molar-refractivity contribution in [2.24, 2.45) is 0 Å². The van der Waals surface area contributed by atoms with Crippen molar-refractivity contribution < 1.29 is 4.74 Å². The molecule has 1 aliphatic heterocycles. The lowest BCUT2D eigenvalue weighted by atomic mass is 9.81. The molecule has 0 saturated carbocycles. The van der Waals surface area contributed by atoms with Crippen LogP contribution in [0.3, 0.4) is 0 Å². The van der Waals surface area contributed by atoms with Crippen LogP contribution in [-0.2, 0) is 10.2 Å². The lowest BCUT2D eigenvalue weighted by Crippen LogP contribution is -2.53. The molecule has 1 N–H and O–H groups in total. The van der Waals surface area contributed by atoms with Crippen LogP contribution in [0.5, 0.6) is 0 Å². The average Bonchev–Trinajstić information content (AvgIpc) is 2.45. The molecule has 1 atom stereocenters. The van der Waals surface area contributed by atoms with Crippen LogP contribution in [0.25, 0.3) is 0 Å². The highest BCUT2D eigenvalue weighted by Gasteiger charge is 2.33. The molecule has 0 amide bonds. The summed E-state index contributed by atoms with van der Waals surface area (Å²) in [5, 5.41) is 3.54. The Hall–Kier alpha value is -0.900. The van der Waals surface area contributed by atoms with E-state index >= 15 is 0 Å². The largest absolute Gasteiger partial charge is 0.373 e. The van der Waals surface area contributed by atoms with E-state index in [-0.39, 0.29) is 11.0 Å². The Labute approximate surface area is 129 Å². The van der Waals surface area contributed by atoms with E-state index in [0.717, 1.165) is 39.3 Å². The zero-order valence-electron chi connectivity index (χ0n) is 14.0. The molecule has 1 unspecified atom stereocenters. The van der Waals surface area contributed by atoms with Gasteiger partial charge in [-0.3, -0.25) is 4.90 Å². The minimum Gasteiger partial charge on any atom is -0.373 e. The number of rotatable bonds is 6. The Morgan fingerprint density at radius 1 is 1.29 bits per heavy atom. The molecule has 118 valence electrons. The molecule has 0 bridgehead atoms. The highest BCUT2D eigenvalue weighted by atomic mass is 16.5. The predicted molar refractivity (Wildman–Crippen MR) is 88.8 cm³/mol. The molecule has 2 rings (SSSR count). The van der Waals surface area contributed by atoms with Gasteiger partial charge in [-0.1, -0.05) is 44.2 Å². The first-order chi connectivity index (χ1) is 9.95. The normalized spacial score (nSPS) is 21.9. The lowest BCUT2D eigenvalue weighted by molar-refractivity contribution is -0.0898. The minimum absolute atomic E-state index is 0.0337. The Bertz CT molecular complexity index is 432. The highest BCUT2D eigenvalue weighted by Crippen LogP contribution is 2.27. The fourth-order valence-electron chi connectivity index (χ4n) is 3.23. The fourth-order valence-corrected chi connectivity index (χ4v) is 3.23. The maximum Gasteiger partial charge on any atom is 0.0753 e. The molecule has 1 aromatic rings. The van der Waals surface area contributed by atoms with Crippen molar-refractivity contribution in [2.75, 3.05) is 39.3 Å². The number of hydrogen-bond acceptors (Lipinski definition) is 3. The first-order valence-corrected chi connectivity index (χ1v) is 8.08. The maximum atomic E-state index is 5.84. The van der Waals surface area contributed by atoms with Gasteiger partial charge in [-0.05, 0) is 26.0 Å². The van der Waals surface area contributed by atoms with Crippen molar-refractivity contribution in [3.63, 3.8) is 0 Å². The van der Waals surface area contributed by atoms with E-state index in [0.29, 0.717) is 0 Å². The number of hydrogen-bond donors (Lipinski definition) is 1. The summed E-state index contributed by atoms with van der Waals surface area (Å²) in [7, 11) is 0. The Morgan fingerprint density at radius 2 is 2.00 bits per heavy atom. The van der Waals surface area contributed by atoms with Gasteiger partial charge < -0.3 is 10.1 Å². The van der Waals surface area contributed by atoms with Gasteiger partial charge in [-0.2, -0.15) is 0 Å². The first kappa shape index (κ1) is 16.5. The number of likely N-dealkylation sites (N-methyl/N-ethyl adjacent to an activating group) is 1. The van der Waals surface area contributed by atoms with E-state index in [1.807, 2.05) is 0 Å². The van der Waals surface area contributed by atoms with Crippen molar-refractivity contribution in [1.82, 2.24) is 10.2 Å². The van der Waals surface area contributed by atoms with Gasteiger partial charge in [0, 0.05) is 31.6 Å². The molecule has 1 fully saturated rings. The van der Waals surface area contributed by atoms with Crippen molar-refractivity contribution in [1.29, 1.82) is 0 Å². The van der Waals surface area contributed by atoms with Crippen LogP contribution in [0, 0.1) is 0 Å². The molecule has 0 aromatic heterocycles. The monoisotopic (exact) mass is 290 g/mol. The van der Waals surface area contributed by atoms with Gasteiger partial charge in [0.15, 0.2) is 0 Å². The third-order valence-electron chi connectivity index (χ3n) is 4.31. The molecule has 1 saturated heterocycles. The smallest absolute Gasteiger partial charge is 0.0753 e. The second-order valence-corrected chi connectivity index (χ2v) is 7.03. The number of nitrogens with one attached hydrogen (secondary N) is 1. The summed E-state index contributed by atoms with van der Waals surface area (Å²) < 4.78 is 5.84. The summed E-state index contributed by atoms with van der Waals surface area (Å²) in [5.74, 6) is 0. The summed E-state index contributed by atoms with van der Waals surface area (Å²) in [5.41, 5.74) is 1.51. The molecule has 1 aromatic carbocycles. The summed E-state index contributed by atoms with van der Waals surface area (Å²) in [4.78, 5) is 2.55. The summed E-state index contributed by atoms with van der Waals surface area (Å²) >= 11 is 0. The van der Waals surface area contributed by atoms with E-state index in [1.165, 1.54) is 5.56 Å². The zero-order valence-corrected chi connectivity index (χ0v) is 14.0. The second kappa shape index (κ2) is 6.91. The summed E-state index contributed by atoms with van der Waals surface area (Å²) in [6, 6.07) is 10.9. The van der Waals surface area contributed by atoms with Crippen LogP contribution in [0.1, 0.15) is 33.3 Å². The fraction of sp³-hybridized carbons (Fsp3) is 0.667. The van der Waals surface area contributed by atoms with Crippen LogP contribution >= 0.6 is 0 Å². The van der Waals surface area contributed by atoms with Crippen LogP contribution in [0.4, 0.5) is 0 Å². The molecule has 3 heteroatoms. The van der Waals surface area contributed by atoms with Gasteiger partial charge >= 0.3 is 0 Å². The Morgan fingerprint density at radius 3 is 2.62 bits per heavy atom. The predicted octanol–water partition coefficient (Wildman–Crippen LogP) is 2.66. The number of ether oxygens (including phenoxy) is 1. The van der Waals surface area contributed by atoms with Crippen LogP contribution < -0.4 is 5.32 Å². The Kier molecular flexibility index (Phi) is 5.42. The third kappa shape index (κ3) is 4.53. The molecule has 1 heterocycles. The molecular weight excluding hydrogens is 260 g/mol. The van der Waals surface area contributed by atoms with E-state index in [2.05, 4.69) is 68.2 Å². The number of nitrogens with zero attached hydrogens (tertiary/aromatic N) is 1. The van der Waals surface area contributed by atoms with Gasteiger partial charge in [0.25, 0.3) is 0 Å². The van der Waals surface area contributed by atoms with Crippen molar-refractivity contribution in [3.05, 3.63) is 35.9 Å². The standard InChI is InChI=1S/C18H30N2O/c1-5-19-13-18(4,16-9-7-6-8-10-16)15-20-11-12-21-17(2,3)14-20/h6-10,19H,5,11-15H2,1-4H3. The Balaban J connectivity index is 2.12. The highest BCUT2D eigenvalue weighted by molar-refractivity contribution is 5.25. The molecule has 21 heavy (non-hydrogen) atoms. The van der Waals surface area contributed by atoms with Gasteiger partial charge in [0.2, 0.25) is 0 Å². The topological polar surface area (TPSA) is 24.5 Å². The summed E-state index contributed by atoms with van der Waals surface area (Å²) in [6.45, 7) is 14.8. The van der Waals surface area contributed by atoms with Crippen LogP contribution in [0.2, 0.25) is 0 Å².